The van der Waals surface area contributed by atoms with E-state index in [4.69, 9.17) is 0 Å². The summed E-state index contributed by atoms with van der Waals surface area (Å²) in [4.78, 5) is 14.9. The third-order valence-electron chi connectivity index (χ3n) is 5.23. The maximum atomic E-state index is 12.7. The number of nitrogens with zero attached hydrogens (tertiary/aromatic N) is 5. The number of carbonyl (C=O) groups excluding carboxylic acids is 1. The number of piperidine rings is 1. The van der Waals surface area contributed by atoms with Crippen molar-refractivity contribution < 1.29 is 18.0 Å². The second-order valence-corrected chi connectivity index (χ2v) is 6.94. The molecule has 0 unspecified atom stereocenters. The first-order chi connectivity index (χ1) is 12.7. The van der Waals surface area contributed by atoms with Crippen LogP contribution in [0.3, 0.4) is 0 Å². The summed E-state index contributed by atoms with van der Waals surface area (Å²) < 4.78 is 40.9. The number of aryl methyl sites for hydroxylation is 1. The molecule has 0 spiro atoms. The lowest BCUT2D eigenvalue weighted by molar-refractivity contribution is -0.146. The van der Waals surface area contributed by atoms with Crippen molar-refractivity contribution in [2.24, 2.45) is 7.05 Å². The number of rotatable bonds is 5. The molecule has 1 N–H and O–H groups in total. The zero-order valence-electron chi connectivity index (χ0n) is 15.3. The van der Waals surface area contributed by atoms with Gasteiger partial charge in [0, 0.05) is 50.3 Å². The third kappa shape index (κ3) is 4.15. The Morgan fingerprint density at radius 1 is 1.30 bits per heavy atom. The number of hydrogen-bond acceptors (Lipinski definition) is 4. The summed E-state index contributed by atoms with van der Waals surface area (Å²) in [5, 5.41) is 10.4. The first kappa shape index (κ1) is 19.4. The minimum Gasteiger partial charge on any atom is -0.345 e. The number of amides is 1. The molecule has 1 aliphatic heterocycles. The molecule has 27 heavy (non-hydrogen) atoms. The number of hydrogen-bond donors (Lipinski definition) is 1. The third-order valence-corrected chi connectivity index (χ3v) is 5.23. The van der Waals surface area contributed by atoms with E-state index in [1.165, 1.54) is 10.9 Å². The fourth-order valence-corrected chi connectivity index (χ4v) is 3.45. The molecule has 0 radical (unpaired) electrons. The van der Waals surface area contributed by atoms with Gasteiger partial charge in [0.05, 0.1) is 6.20 Å². The van der Waals surface area contributed by atoms with Gasteiger partial charge in [-0.2, -0.15) is 23.4 Å². The van der Waals surface area contributed by atoms with Gasteiger partial charge in [-0.25, -0.2) is 0 Å². The number of aromatic nitrogens is 4. The van der Waals surface area contributed by atoms with Crippen molar-refractivity contribution in [2.75, 3.05) is 19.6 Å². The van der Waals surface area contributed by atoms with E-state index in [-0.39, 0.29) is 0 Å². The Balaban J connectivity index is 1.71. The van der Waals surface area contributed by atoms with Crippen molar-refractivity contribution in [1.29, 1.82) is 0 Å². The van der Waals surface area contributed by atoms with Gasteiger partial charge in [-0.15, -0.1) is 0 Å². The Morgan fingerprint density at radius 2 is 2.00 bits per heavy atom. The molecule has 0 aliphatic carbocycles. The smallest absolute Gasteiger partial charge is 0.345 e. The first-order valence-corrected chi connectivity index (χ1v) is 8.76. The molecular formula is C17H23F3N6O. The van der Waals surface area contributed by atoms with E-state index < -0.39 is 24.2 Å². The average Bonchev–Trinajstić information content (AvgIpc) is 3.26. The summed E-state index contributed by atoms with van der Waals surface area (Å²) in [7, 11) is 1.88. The van der Waals surface area contributed by atoms with Crippen LogP contribution in [0.4, 0.5) is 13.2 Å². The molecule has 1 fully saturated rings. The molecule has 3 rings (SSSR count). The summed E-state index contributed by atoms with van der Waals surface area (Å²) in [5.74, 6) is -0.638. The fourth-order valence-electron chi connectivity index (χ4n) is 3.45. The van der Waals surface area contributed by atoms with Crippen molar-refractivity contribution in [3.05, 3.63) is 35.9 Å². The largest absolute Gasteiger partial charge is 0.405 e. The van der Waals surface area contributed by atoms with Gasteiger partial charge in [0.25, 0.3) is 0 Å². The second-order valence-electron chi connectivity index (χ2n) is 6.94. The normalized spacial score (nSPS) is 17.8. The van der Waals surface area contributed by atoms with Crippen LogP contribution in [-0.2, 0) is 23.9 Å². The highest BCUT2D eigenvalue weighted by atomic mass is 19.4. The molecule has 0 aromatic carbocycles. The van der Waals surface area contributed by atoms with Crippen LogP contribution >= 0.6 is 0 Å². The summed E-state index contributed by atoms with van der Waals surface area (Å²) in [6.07, 6.45) is 1.31. The Labute approximate surface area is 155 Å². The van der Waals surface area contributed by atoms with E-state index in [9.17, 15) is 18.0 Å². The minimum absolute atomic E-state index is 0.387. The summed E-state index contributed by atoms with van der Waals surface area (Å²) in [6.45, 7) is 2.50. The SMILES string of the molecule is Cc1c(CN2CCC(C(=O)NCC(F)(F)F)(n3cccn3)CC2)cnn1C. The van der Waals surface area contributed by atoms with E-state index in [0.29, 0.717) is 32.5 Å². The van der Waals surface area contributed by atoms with Gasteiger partial charge in [-0.05, 0) is 25.8 Å². The lowest BCUT2D eigenvalue weighted by Gasteiger charge is -2.40. The zero-order chi connectivity index (χ0) is 19.7. The van der Waals surface area contributed by atoms with Crippen LogP contribution in [0, 0.1) is 6.92 Å². The van der Waals surface area contributed by atoms with Crippen LogP contribution in [0.25, 0.3) is 0 Å². The van der Waals surface area contributed by atoms with Crippen molar-refractivity contribution in [2.45, 2.75) is 38.0 Å². The molecule has 2 aromatic rings. The van der Waals surface area contributed by atoms with Crippen molar-refractivity contribution in [1.82, 2.24) is 29.8 Å². The minimum atomic E-state index is -4.44. The molecule has 0 atom stereocenters. The van der Waals surface area contributed by atoms with Gasteiger partial charge in [0.2, 0.25) is 5.91 Å². The fraction of sp³-hybridized carbons (Fsp3) is 0.588. The molecule has 0 bridgehead atoms. The number of halogens is 3. The number of alkyl halides is 3. The monoisotopic (exact) mass is 384 g/mol. The highest BCUT2D eigenvalue weighted by Gasteiger charge is 2.44. The first-order valence-electron chi connectivity index (χ1n) is 8.76. The quantitative estimate of drug-likeness (QED) is 0.850. The van der Waals surface area contributed by atoms with Gasteiger partial charge in [-0.3, -0.25) is 19.1 Å². The van der Waals surface area contributed by atoms with Gasteiger partial charge in [-0.1, -0.05) is 0 Å². The molecule has 1 saturated heterocycles. The summed E-state index contributed by atoms with van der Waals surface area (Å²) in [6, 6.07) is 1.67. The van der Waals surface area contributed by atoms with Crippen LogP contribution in [0.5, 0.6) is 0 Å². The second kappa shape index (κ2) is 7.34. The van der Waals surface area contributed by atoms with Crippen molar-refractivity contribution in [3.63, 3.8) is 0 Å². The Morgan fingerprint density at radius 3 is 2.52 bits per heavy atom. The lowest BCUT2D eigenvalue weighted by atomic mass is 9.86. The topological polar surface area (TPSA) is 68.0 Å². The maximum Gasteiger partial charge on any atom is 0.405 e. The van der Waals surface area contributed by atoms with Crippen LogP contribution in [-0.4, -0.2) is 56.2 Å². The van der Waals surface area contributed by atoms with E-state index in [1.54, 1.807) is 16.9 Å². The Hall–Kier alpha value is -2.36. The van der Waals surface area contributed by atoms with E-state index in [1.807, 2.05) is 25.5 Å². The molecule has 7 nitrogen and oxygen atoms in total. The number of likely N-dealkylation sites (tertiary alicyclic amines) is 1. The van der Waals surface area contributed by atoms with E-state index >= 15 is 0 Å². The Bertz CT molecular complexity index is 775. The molecule has 10 heteroatoms. The van der Waals surface area contributed by atoms with Crippen molar-refractivity contribution >= 4 is 5.91 Å². The number of nitrogens with one attached hydrogen (secondary N) is 1. The highest BCUT2D eigenvalue weighted by molar-refractivity contribution is 5.84. The zero-order valence-corrected chi connectivity index (χ0v) is 15.3. The molecule has 1 amide bonds. The molecular weight excluding hydrogens is 361 g/mol. The van der Waals surface area contributed by atoms with Gasteiger partial charge < -0.3 is 5.32 Å². The molecule has 0 saturated carbocycles. The van der Waals surface area contributed by atoms with Gasteiger partial charge in [0.1, 0.15) is 12.1 Å². The average molecular weight is 384 g/mol. The van der Waals surface area contributed by atoms with Gasteiger partial charge >= 0.3 is 6.18 Å². The van der Waals surface area contributed by atoms with Crippen LogP contribution in [0.15, 0.2) is 24.7 Å². The van der Waals surface area contributed by atoms with Gasteiger partial charge in [0.15, 0.2) is 0 Å². The van der Waals surface area contributed by atoms with Crippen molar-refractivity contribution in [3.8, 4) is 0 Å². The molecule has 2 aromatic heterocycles. The standard InChI is InChI=1S/C17H23F3N6O/c1-13-14(10-23-24(13)2)11-25-8-4-16(5-9-25,26-7-3-6-22-26)15(27)21-12-17(18,19)20/h3,6-7,10H,4-5,8-9,11-12H2,1-2H3,(H,21,27). The number of carbonyl (C=O) groups is 1. The van der Waals surface area contributed by atoms with Crippen LogP contribution in [0.1, 0.15) is 24.1 Å². The highest BCUT2D eigenvalue weighted by Crippen LogP contribution is 2.31. The predicted octanol–water partition coefficient (Wildman–Crippen LogP) is 1.59. The molecule has 148 valence electrons. The molecule has 1 aliphatic rings. The predicted molar refractivity (Wildman–Crippen MR) is 91.7 cm³/mol. The Kier molecular flexibility index (Phi) is 5.27. The maximum absolute atomic E-state index is 12.7. The van der Waals surface area contributed by atoms with E-state index in [2.05, 4.69) is 15.1 Å². The molecule has 3 heterocycles. The van der Waals surface area contributed by atoms with E-state index in [0.717, 1.165) is 11.3 Å². The van der Waals surface area contributed by atoms with Crippen LogP contribution < -0.4 is 5.32 Å². The van der Waals surface area contributed by atoms with Crippen LogP contribution in [0.2, 0.25) is 0 Å². The lowest BCUT2D eigenvalue weighted by Crippen LogP contribution is -2.56. The summed E-state index contributed by atoms with van der Waals surface area (Å²) >= 11 is 0. The summed E-state index contributed by atoms with van der Waals surface area (Å²) in [5.41, 5.74) is 1.07.